The fourth-order valence-electron chi connectivity index (χ4n) is 3.47. The van der Waals surface area contributed by atoms with E-state index in [4.69, 9.17) is 0 Å². The Morgan fingerprint density at radius 3 is 2.47 bits per heavy atom. The highest BCUT2D eigenvalue weighted by Gasteiger charge is 2.28. The molecule has 1 fully saturated rings. The summed E-state index contributed by atoms with van der Waals surface area (Å²) in [6.07, 6.45) is 2.35. The number of halogens is 1. The number of rotatable bonds is 8. The van der Waals surface area contributed by atoms with Gasteiger partial charge in [-0.3, -0.25) is 9.59 Å². The van der Waals surface area contributed by atoms with Crippen molar-refractivity contribution in [2.24, 2.45) is 11.8 Å². The Balaban J connectivity index is 1.84. The predicted octanol–water partition coefficient (Wildman–Crippen LogP) is 4.54. The molecule has 0 spiro atoms. The van der Waals surface area contributed by atoms with Gasteiger partial charge in [-0.1, -0.05) is 19.9 Å². The van der Waals surface area contributed by atoms with Gasteiger partial charge in [0.1, 0.15) is 5.82 Å². The molecule has 1 saturated carbocycles. The lowest BCUT2D eigenvalue weighted by Gasteiger charge is -2.27. The molecule has 0 saturated heterocycles. The molecule has 6 heteroatoms. The van der Waals surface area contributed by atoms with Gasteiger partial charge < -0.3 is 15.1 Å². The number of hydrogen-bond acceptors (Lipinski definition) is 3. The molecule has 3 rings (SSSR count). The molecule has 1 aliphatic carbocycles. The van der Waals surface area contributed by atoms with Crippen molar-refractivity contribution in [2.45, 2.75) is 33.2 Å². The number of anilines is 2. The predicted molar refractivity (Wildman–Crippen MR) is 118 cm³/mol. The van der Waals surface area contributed by atoms with Crippen LogP contribution in [0.3, 0.4) is 0 Å². The van der Waals surface area contributed by atoms with Crippen LogP contribution in [-0.2, 0) is 11.3 Å². The average Bonchev–Trinajstić information content (AvgIpc) is 3.51. The highest BCUT2D eigenvalue weighted by atomic mass is 19.1. The van der Waals surface area contributed by atoms with Crippen molar-refractivity contribution in [3.05, 3.63) is 59.4 Å². The summed E-state index contributed by atoms with van der Waals surface area (Å²) in [5, 5.41) is 2.84. The molecule has 5 nitrogen and oxygen atoms in total. The molecule has 0 bridgehead atoms. The molecular weight excluding hydrogens is 381 g/mol. The van der Waals surface area contributed by atoms with Gasteiger partial charge in [0.15, 0.2) is 0 Å². The first-order valence-electron chi connectivity index (χ1n) is 10.4. The lowest BCUT2D eigenvalue weighted by molar-refractivity contribution is -0.135. The van der Waals surface area contributed by atoms with Crippen LogP contribution in [0.25, 0.3) is 0 Å². The smallest absolute Gasteiger partial charge is 0.255 e. The monoisotopic (exact) mass is 411 g/mol. The fraction of sp³-hybridized carbons (Fsp3) is 0.417. The summed E-state index contributed by atoms with van der Waals surface area (Å²) in [5.74, 6) is -0.157. The first kappa shape index (κ1) is 21.8. The van der Waals surface area contributed by atoms with Crippen LogP contribution < -0.4 is 10.2 Å². The summed E-state index contributed by atoms with van der Waals surface area (Å²) in [6.45, 7) is 5.10. The standard InChI is InChI=1S/C24H30FN3O2/c1-16(2)24(30)28(14-17-8-9-17)15-19-13-21(10-11-22(19)27(3)4)26-23(29)18-6-5-7-20(25)12-18/h5-7,10-13,16-17H,8-9,14-15H2,1-4H3,(H,26,29). The third-order valence-electron chi connectivity index (χ3n) is 5.25. The summed E-state index contributed by atoms with van der Waals surface area (Å²) < 4.78 is 13.4. The van der Waals surface area contributed by atoms with Gasteiger partial charge in [-0.25, -0.2) is 4.39 Å². The van der Waals surface area contributed by atoms with Gasteiger partial charge >= 0.3 is 0 Å². The second kappa shape index (κ2) is 9.28. The van der Waals surface area contributed by atoms with E-state index in [0.717, 1.165) is 17.8 Å². The van der Waals surface area contributed by atoms with E-state index < -0.39 is 5.82 Å². The highest BCUT2D eigenvalue weighted by Crippen LogP contribution is 2.32. The minimum atomic E-state index is -0.450. The van der Waals surface area contributed by atoms with Crippen LogP contribution in [-0.4, -0.2) is 37.4 Å². The Labute approximate surface area is 177 Å². The Kier molecular flexibility index (Phi) is 6.75. The number of benzene rings is 2. The quantitative estimate of drug-likeness (QED) is 0.694. The summed E-state index contributed by atoms with van der Waals surface area (Å²) >= 11 is 0. The first-order chi connectivity index (χ1) is 14.2. The summed E-state index contributed by atoms with van der Waals surface area (Å²) in [4.78, 5) is 29.2. The number of carbonyl (C=O) groups is 2. The van der Waals surface area contributed by atoms with Crippen molar-refractivity contribution in [1.82, 2.24) is 4.90 Å². The Morgan fingerprint density at radius 2 is 1.87 bits per heavy atom. The largest absolute Gasteiger partial charge is 0.377 e. The van der Waals surface area contributed by atoms with Gasteiger partial charge in [0.2, 0.25) is 5.91 Å². The van der Waals surface area contributed by atoms with Crippen LogP contribution in [0.2, 0.25) is 0 Å². The van der Waals surface area contributed by atoms with Crippen molar-refractivity contribution in [2.75, 3.05) is 30.9 Å². The van der Waals surface area contributed by atoms with Crippen LogP contribution in [0, 0.1) is 17.7 Å². The van der Waals surface area contributed by atoms with Crippen LogP contribution in [0.4, 0.5) is 15.8 Å². The molecule has 0 heterocycles. The minimum absolute atomic E-state index is 0.0672. The van der Waals surface area contributed by atoms with E-state index >= 15 is 0 Å². The van der Waals surface area contributed by atoms with E-state index in [9.17, 15) is 14.0 Å². The Bertz CT molecular complexity index is 922. The third kappa shape index (κ3) is 5.59. The topological polar surface area (TPSA) is 52.7 Å². The molecule has 160 valence electrons. The maximum absolute atomic E-state index is 13.4. The van der Waals surface area contributed by atoms with Crippen molar-refractivity contribution < 1.29 is 14.0 Å². The summed E-state index contributed by atoms with van der Waals surface area (Å²) in [6, 6.07) is 11.3. The zero-order valence-electron chi connectivity index (χ0n) is 18.1. The van der Waals surface area contributed by atoms with E-state index in [1.165, 1.54) is 31.0 Å². The molecular formula is C24H30FN3O2. The van der Waals surface area contributed by atoms with Crippen LogP contribution in [0.5, 0.6) is 0 Å². The Hall–Kier alpha value is -2.89. The molecule has 2 aromatic carbocycles. The first-order valence-corrected chi connectivity index (χ1v) is 10.4. The lowest BCUT2D eigenvalue weighted by atomic mass is 10.1. The molecule has 0 radical (unpaired) electrons. The van der Waals surface area contributed by atoms with Crippen molar-refractivity contribution in [3.8, 4) is 0 Å². The van der Waals surface area contributed by atoms with Crippen molar-refractivity contribution >= 4 is 23.2 Å². The molecule has 1 N–H and O–H groups in total. The van der Waals surface area contributed by atoms with E-state index in [-0.39, 0.29) is 23.3 Å². The summed E-state index contributed by atoms with van der Waals surface area (Å²) in [7, 11) is 3.92. The van der Waals surface area contributed by atoms with Crippen LogP contribution in [0.15, 0.2) is 42.5 Å². The normalized spacial score (nSPS) is 13.3. The number of nitrogens with zero attached hydrogens (tertiary/aromatic N) is 2. The second-order valence-corrected chi connectivity index (χ2v) is 8.52. The SMILES string of the molecule is CC(C)C(=O)N(Cc1cc(NC(=O)c2cccc(F)c2)ccc1N(C)C)CC1CC1. The zero-order chi connectivity index (χ0) is 21.8. The molecule has 30 heavy (non-hydrogen) atoms. The van der Waals surface area contributed by atoms with Crippen LogP contribution >= 0.6 is 0 Å². The molecule has 1 aliphatic rings. The maximum Gasteiger partial charge on any atom is 0.255 e. The number of amides is 2. The Morgan fingerprint density at radius 1 is 1.13 bits per heavy atom. The average molecular weight is 412 g/mol. The van der Waals surface area contributed by atoms with Crippen molar-refractivity contribution in [3.63, 3.8) is 0 Å². The van der Waals surface area contributed by atoms with E-state index in [2.05, 4.69) is 5.32 Å². The summed E-state index contributed by atoms with van der Waals surface area (Å²) in [5.41, 5.74) is 2.84. The maximum atomic E-state index is 13.4. The van der Waals surface area contributed by atoms with Gasteiger partial charge in [-0.05, 0) is 60.7 Å². The van der Waals surface area contributed by atoms with Crippen LogP contribution in [0.1, 0.15) is 42.6 Å². The lowest BCUT2D eigenvalue weighted by Crippen LogP contribution is -2.35. The molecule has 0 atom stereocenters. The molecule has 0 unspecified atom stereocenters. The van der Waals surface area contributed by atoms with Gasteiger partial charge in [0.05, 0.1) is 0 Å². The number of carbonyl (C=O) groups excluding carboxylic acids is 2. The number of hydrogen-bond donors (Lipinski definition) is 1. The minimum Gasteiger partial charge on any atom is -0.377 e. The van der Waals surface area contributed by atoms with E-state index in [1.54, 1.807) is 6.07 Å². The molecule has 2 amide bonds. The third-order valence-corrected chi connectivity index (χ3v) is 5.25. The second-order valence-electron chi connectivity index (χ2n) is 8.52. The van der Waals surface area contributed by atoms with Gasteiger partial charge in [-0.2, -0.15) is 0 Å². The van der Waals surface area contributed by atoms with Gasteiger partial charge in [-0.15, -0.1) is 0 Å². The van der Waals surface area contributed by atoms with E-state index in [0.29, 0.717) is 18.2 Å². The molecule has 0 aliphatic heterocycles. The molecule has 0 aromatic heterocycles. The zero-order valence-corrected chi connectivity index (χ0v) is 18.1. The van der Waals surface area contributed by atoms with Gasteiger partial charge in [0.25, 0.3) is 5.91 Å². The van der Waals surface area contributed by atoms with Gasteiger partial charge in [0, 0.05) is 50.0 Å². The highest BCUT2D eigenvalue weighted by molar-refractivity contribution is 6.04. The number of nitrogens with one attached hydrogen (secondary N) is 1. The van der Waals surface area contributed by atoms with Crippen molar-refractivity contribution in [1.29, 1.82) is 0 Å². The molecule has 2 aromatic rings. The van der Waals surface area contributed by atoms with E-state index in [1.807, 2.05) is 55.9 Å². The fourth-order valence-corrected chi connectivity index (χ4v) is 3.47.